The van der Waals surface area contributed by atoms with Crippen LogP contribution in [0, 0.1) is 0 Å². The Balaban J connectivity index is 1.66. The van der Waals surface area contributed by atoms with Crippen LogP contribution in [0.15, 0.2) is 61.3 Å². The normalized spacial score (nSPS) is 10.5. The van der Waals surface area contributed by atoms with Crippen molar-refractivity contribution in [1.29, 1.82) is 0 Å². The van der Waals surface area contributed by atoms with E-state index < -0.39 is 0 Å². The molecule has 116 valence electrons. The summed E-state index contributed by atoms with van der Waals surface area (Å²) in [5, 5.41) is 4.27. The molecule has 0 unspecified atom stereocenters. The van der Waals surface area contributed by atoms with E-state index in [1.54, 1.807) is 41.3 Å². The Morgan fingerprint density at radius 3 is 2.78 bits per heavy atom. The quantitative estimate of drug-likeness (QED) is 0.723. The summed E-state index contributed by atoms with van der Waals surface area (Å²) >= 11 is 0. The minimum Gasteiger partial charge on any atom is -0.336 e. The average molecular weight is 307 g/mol. The molecule has 0 spiro atoms. The summed E-state index contributed by atoms with van der Waals surface area (Å²) in [5.41, 5.74) is 2.51. The highest BCUT2D eigenvalue weighted by Gasteiger charge is 2.14. The lowest BCUT2D eigenvalue weighted by atomic mass is 10.2. The molecule has 0 radical (unpaired) electrons. The van der Waals surface area contributed by atoms with Gasteiger partial charge in [0.15, 0.2) is 0 Å². The van der Waals surface area contributed by atoms with Gasteiger partial charge in [-0.2, -0.15) is 5.10 Å². The molecule has 0 aliphatic carbocycles. The van der Waals surface area contributed by atoms with Crippen LogP contribution in [0.4, 0.5) is 0 Å². The number of rotatable bonds is 5. The highest BCUT2D eigenvalue weighted by atomic mass is 16.2. The number of nitrogens with zero attached hydrogens (tertiary/aromatic N) is 5. The summed E-state index contributed by atoms with van der Waals surface area (Å²) in [6, 6.07) is 11.8. The molecule has 0 fully saturated rings. The second-order valence-corrected chi connectivity index (χ2v) is 5.27. The first-order valence-corrected chi connectivity index (χ1v) is 7.29. The Morgan fingerprint density at radius 1 is 1.22 bits per heavy atom. The number of hydrogen-bond acceptors (Lipinski definition) is 4. The van der Waals surface area contributed by atoms with E-state index >= 15 is 0 Å². The fourth-order valence-corrected chi connectivity index (χ4v) is 2.28. The Labute approximate surface area is 134 Å². The van der Waals surface area contributed by atoms with E-state index in [0.717, 1.165) is 11.3 Å². The average Bonchev–Trinajstić information content (AvgIpc) is 3.04. The van der Waals surface area contributed by atoms with Crippen molar-refractivity contribution in [3.63, 3.8) is 0 Å². The van der Waals surface area contributed by atoms with Gasteiger partial charge in [-0.3, -0.25) is 9.48 Å². The second-order valence-electron chi connectivity index (χ2n) is 5.27. The van der Waals surface area contributed by atoms with Gasteiger partial charge >= 0.3 is 0 Å². The zero-order valence-corrected chi connectivity index (χ0v) is 12.8. The molecular formula is C17H17N5O. The van der Waals surface area contributed by atoms with Crippen molar-refractivity contribution in [2.24, 2.45) is 0 Å². The molecule has 23 heavy (non-hydrogen) atoms. The summed E-state index contributed by atoms with van der Waals surface area (Å²) in [6.45, 7) is 1.08. The first-order valence-electron chi connectivity index (χ1n) is 7.29. The Morgan fingerprint density at radius 2 is 2.04 bits per heavy atom. The van der Waals surface area contributed by atoms with E-state index in [2.05, 4.69) is 15.1 Å². The topological polar surface area (TPSA) is 63.9 Å². The predicted molar refractivity (Wildman–Crippen MR) is 85.6 cm³/mol. The van der Waals surface area contributed by atoms with E-state index in [4.69, 9.17) is 0 Å². The van der Waals surface area contributed by atoms with Gasteiger partial charge in [-0.1, -0.05) is 30.3 Å². The van der Waals surface area contributed by atoms with Crippen LogP contribution in [-0.4, -0.2) is 37.6 Å². The number of benzene rings is 1. The maximum absolute atomic E-state index is 12.4. The summed E-state index contributed by atoms with van der Waals surface area (Å²) in [5.74, 6) is -0.0806. The van der Waals surface area contributed by atoms with Crippen molar-refractivity contribution in [2.45, 2.75) is 13.1 Å². The van der Waals surface area contributed by atoms with Gasteiger partial charge in [0.25, 0.3) is 5.91 Å². The van der Waals surface area contributed by atoms with E-state index in [1.807, 2.05) is 30.3 Å². The minimum absolute atomic E-state index is 0.0806. The molecule has 0 bridgehead atoms. The summed E-state index contributed by atoms with van der Waals surface area (Å²) in [6.07, 6.45) is 6.51. The highest BCUT2D eigenvalue weighted by Crippen LogP contribution is 2.08. The zero-order valence-electron chi connectivity index (χ0n) is 12.8. The molecule has 6 nitrogen and oxygen atoms in total. The molecule has 2 heterocycles. The molecule has 6 heteroatoms. The molecule has 0 saturated carbocycles. The Bertz CT molecular complexity index is 770. The molecule has 0 N–H and O–H groups in total. The van der Waals surface area contributed by atoms with E-state index in [-0.39, 0.29) is 5.91 Å². The maximum atomic E-state index is 12.4. The van der Waals surface area contributed by atoms with Gasteiger partial charge < -0.3 is 4.90 Å². The molecule has 0 aliphatic rings. The smallest absolute Gasteiger partial charge is 0.257 e. The lowest BCUT2D eigenvalue weighted by molar-refractivity contribution is 0.0783. The van der Waals surface area contributed by atoms with Gasteiger partial charge in [0.2, 0.25) is 0 Å². The molecule has 0 atom stereocenters. The number of hydrogen-bond donors (Lipinski definition) is 0. The third-order valence-corrected chi connectivity index (χ3v) is 3.46. The number of amides is 1. The van der Waals surface area contributed by atoms with Crippen LogP contribution >= 0.6 is 0 Å². The maximum Gasteiger partial charge on any atom is 0.257 e. The molecule has 0 saturated heterocycles. The van der Waals surface area contributed by atoms with Gasteiger partial charge in [-0.15, -0.1) is 0 Å². The first kappa shape index (κ1) is 14.9. The van der Waals surface area contributed by atoms with Crippen LogP contribution in [0.25, 0.3) is 0 Å². The molecular weight excluding hydrogens is 290 g/mol. The minimum atomic E-state index is -0.0806. The van der Waals surface area contributed by atoms with E-state index in [0.29, 0.717) is 18.7 Å². The predicted octanol–water partition coefficient (Wildman–Crippen LogP) is 1.99. The fraction of sp³-hybridized carbons (Fsp3) is 0.176. The highest BCUT2D eigenvalue weighted by molar-refractivity contribution is 5.93. The van der Waals surface area contributed by atoms with Crippen molar-refractivity contribution in [1.82, 2.24) is 24.6 Å². The van der Waals surface area contributed by atoms with Crippen LogP contribution < -0.4 is 0 Å². The molecule has 2 aromatic heterocycles. The molecule has 0 aliphatic heterocycles. The van der Waals surface area contributed by atoms with Gasteiger partial charge in [0.1, 0.15) is 6.33 Å². The number of carbonyl (C=O) groups excluding carboxylic acids is 1. The van der Waals surface area contributed by atoms with Crippen LogP contribution in [0.2, 0.25) is 0 Å². The van der Waals surface area contributed by atoms with Crippen molar-refractivity contribution < 1.29 is 4.79 Å². The number of aromatic nitrogens is 4. The third-order valence-electron chi connectivity index (χ3n) is 3.46. The summed E-state index contributed by atoms with van der Waals surface area (Å²) in [4.78, 5) is 22.1. The standard InChI is InChI=1S/C17H17N5O/c1-21(12-16-7-8-18-13-19-16)17(23)15-9-20-22(11-15)10-14-5-3-2-4-6-14/h2-9,11,13H,10,12H2,1H3. The molecule has 3 aromatic rings. The van der Waals surface area contributed by atoms with Crippen LogP contribution in [-0.2, 0) is 13.1 Å². The van der Waals surface area contributed by atoms with Gasteiger partial charge in [0, 0.05) is 19.4 Å². The number of carbonyl (C=O) groups is 1. The summed E-state index contributed by atoms with van der Waals surface area (Å²) in [7, 11) is 1.75. The van der Waals surface area contributed by atoms with E-state index in [9.17, 15) is 4.79 Å². The lowest BCUT2D eigenvalue weighted by Gasteiger charge is -2.15. The lowest BCUT2D eigenvalue weighted by Crippen LogP contribution is -2.26. The molecule has 1 aromatic carbocycles. The van der Waals surface area contributed by atoms with E-state index in [1.165, 1.54) is 6.33 Å². The van der Waals surface area contributed by atoms with Gasteiger partial charge in [-0.25, -0.2) is 9.97 Å². The van der Waals surface area contributed by atoms with Crippen molar-refractivity contribution in [2.75, 3.05) is 7.05 Å². The Hall–Kier alpha value is -3.02. The summed E-state index contributed by atoms with van der Waals surface area (Å²) < 4.78 is 1.76. The monoisotopic (exact) mass is 307 g/mol. The third kappa shape index (κ3) is 3.79. The van der Waals surface area contributed by atoms with Crippen molar-refractivity contribution in [3.8, 4) is 0 Å². The first-order chi connectivity index (χ1) is 11.2. The van der Waals surface area contributed by atoms with Gasteiger partial charge in [0.05, 0.1) is 30.5 Å². The van der Waals surface area contributed by atoms with Crippen molar-refractivity contribution >= 4 is 5.91 Å². The van der Waals surface area contributed by atoms with Crippen LogP contribution in [0.3, 0.4) is 0 Å². The zero-order chi connectivity index (χ0) is 16.1. The Kier molecular flexibility index (Phi) is 4.42. The van der Waals surface area contributed by atoms with Crippen molar-refractivity contribution in [3.05, 3.63) is 78.1 Å². The molecule has 1 amide bonds. The SMILES string of the molecule is CN(Cc1ccncn1)C(=O)c1cnn(Cc2ccccc2)c1. The van der Waals surface area contributed by atoms with Crippen LogP contribution in [0.1, 0.15) is 21.6 Å². The van der Waals surface area contributed by atoms with Gasteiger partial charge in [-0.05, 0) is 11.6 Å². The molecule has 3 rings (SSSR count). The largest absolute Gasteiger partial charge is 0.336 e. The fourth-order valence-electron chi connectivity index (χ4n) is 2.28. The van der Waals surface area contributed by atoms with Crippen LogP contribution in [0.5, 0.6) is 0 Å². The second kappa shape index (κ2) is 6.83.